The first-order valence-electron chi connectivity index (χ1n) is 18.8. The third kappa shape index (κ3) is 16.7. The lowest BCUT2D eigenvalue weighted by Gasteiger charge is -2.31. The number of guanidine groups is 1. The first-order chi connectivity index (χ1) is 25.9. The number of nitrogens with two attached hydrogens (primary N) is 4. The standard InChI is InChI=1S/C35H63N11O8S/c1-7-19(3)27(41-21(5)47)32(52)43-23(15-18-55-6)30(50)42-22(13-14-26(36)48)31(51)45-28(20(4)8-2)33(53)44-24(11-9-16-40-35(38)39)34(54)46-17-10-12-25(46)29(37)49/h19-20,22-25,27-28H,7-18H2,1-6H3,(H2,36,48)(H2,37,49)(H,41,47)(H,42,50)(H,43,52)(H,44,53)(H,45,51)(H4,38,39,40)/t19-,20-,22-,23-,24-,25-,27?,28-/m0/s1. The van der Waals surface area contributed by atoms with Gasteiger partial charge in [0.2, 0.25) is 47.3 Å². The Hall–Kier alpha value is -4.62. The molecule has 1 aliphatic heterocycles. The molecule has 312 valence electrons. The third-order valence-corrected chi connectivity index (χ3v) is 10.3. The fraction of sp³-hybridized carbons (Fsp3) is 0.743. The maximum Gasteiger partial charge on any atom is 0.245 e. The number of hydrogen-bond donors (Lipinski definition) is 9. The van der Waals surface area contributed by atoms with E-state index in [4.69, 9.17) is 22.9 Å². The second-order valence-corrected chi connectivity index (χ2v) is 14.9. The lowest BCUT2D eigenvalue weighted by molar-refractivity contribution is -0.141. The Kier molecular flexibility index (Phi) is 21.8. The number of aliphatic imine (C=N–C) groups is 1. The number of nitrogens with one attached hydrogen (secondary N) is 5. The minimum atomic E-state index is -1.35. The van der Waals surface area contributed by atoms with Crippen molar-refractivity contribution in [3.8, 4) is 0 Å². The number of primary amides is 2. The molecule has 19 nitrogen and oxygen atoms in total. The van der Waals surface area contributed by atoms with Gasteiger partial charge in [-0.3, -0.25) is 43.3 Å². The Morgan fingerprint density at radius 3 is 1.78 bits per heavy atom. The second-order valence-electron chi connectivity index (χ2n) is 13.9. The Morgan fingerprint density at radius 2 is 1.27 bits per heavy atom. The molecule has 1 fully saturated rings. The van der Waals surface area contributed by atoms with Crippen LogP contribution in [0, 0.1) is 11.8 Å². The van der Waals surface area contributed by atoms with Crippen LogP contribution in [-0.2, 0) is 38.4 Å². The number of amides is 8. The van der Waals surface area contributed by atoms with Crippen molar-refractivity contribution in [2.24, 2.45) is 39.8 Å². The smallest absolute Gasteiger partial charge is 0.245 e. The van der Waals surface area contributed by atoms with Gasteiger partial charge in [0.15, 0.2) is 5.96 Å². The van der Waals surface area contributed by atoms with Gasteiger partial charge in [-0.2, -0.15) is 11.8 Å². The van der Waals surface area contributed by atoms with Crippen molar-refractivity contribution < 1.29 is 38.4 Å². The van der Waals surface area contributed by atoms with Gasteiger partial charge in [0, 0.05) is 26.4 Å². The van der Waals surface area contributed by atoms with E-state index in [1.54, 1.807) is 20.8 Å². The Balaban J connectivity index is 3.37. The predicted octanol–water partition coefficient (Wildman–Crippen LogP) is -1.93. The van der Waals surface area contributed by atoms with E-state index in [0.29, 0.717) is 37.9 Å². The largest absolute Gasteiger partial charge is 0.370 e. The highest BCUT2D eigenvalue weighted by Crippen LogP contribution is 2.20. The van der Waals surface area contributed by atoms with Gasteiger partial charge in [0.1, 0.15) is 36.3 Å². The minimum Gasteiger partial charge on any atom is -0.370 e. The summed E-state index contributed by atoms with van der Waals surface area (Å²) in [5, 5.41) is 13.4. The Morgan fingerprint density at radius 1 is 0.745 bits per heavy atom. The van der Waals surface area contributed by atoms with Crippen molar-refractivity contribution in [1.29, 1.82) is 0 Å². The molecule has 0 saturated carbocycles. The van der Waals surface area contributed by atoms with E-state index in [-0.39, 0.29) is 50.7 Å². The van der Waals surface area contributed by atoms with Gasteiger partial charge in [-0.05, 0) is 62.4 Å². The topological polar surface area (TPSA) is 316 Å². The summed E-state index contributed by atoms with van der Waals surface area (Å²) in [5.74, 6) is -5.53. The van der Waals surface area contributed by atoms with E-state index >= 15 is 0 Å². The first-order valence-corrected chi connectivity index (χ1v) is 20.2. The van der Waals surface area contributed by atoms with Crippen LogP contribution >= 0.6 is 11.8 Å². The van der Waals surface area contributed by atoms with Gasteiger partial charge in [0.25, 0.3) is 0 Å². The quantitative estimate of drug-likeness (QED) is 0.0278. The molecule has 8 atom stereocenters. The highest BCUT2D eigenvalue weighted by Gasteiger charge is 2.39. The van der Waals surface area contributed by atoms with E-state index < -0.39 is 89.4 Å². The van der Waals surface area contributed by atoms with Crippen molar-refractivity contribution in [3.63, 3.8) is 0 Å². The number of carbonyl (C=O) groups is 8. The summed E-state index contributed by atoms with van der Waals surface area (Å²) < 4.78 is 0. The molecule has 0 aliphatic carbocycles. The molecule has 1 saturated heterocycles. The number of nitrogens with zero attached hydrogens (tertiary/aromatic N) is 2. The fourth-order valence-electron chi connectivity index (χ4n) is 6.02. The zero-order valence-electron chi connectivity index (χ0n) is 33.0. The monoisotopic (exact) mass is 797 g/mol. The molecule has 0 aromatic rings. The van der Waals surface area contributed by atoms with Gasteiger partial charge in [-0.1, -0.05) is 40.5 Å². The lowest BCUT2D eigenvalue weighted by Crippen LogP contribution is -2.61. The molecule has 0 aromatic carbocycles. The number of thioether (sulfide) groups is 1. The number of hydrogen-bond acceptors (Lipinski definition) is 10. The molecule has 0 aromatic heterocycles. The summed E-state index contributed by atoms with van der Waals surface area (Å²) in [6.07, 6.45) is 3.81. The molecule has 0 bridgehead atoms. The summed E-state index contributed by atoms with van der Waals surface area (Å²) in [5.41, 5.74) is 21.8. The number of carbonyl (C=O) groups excluding carboxylic acids is 8. The number of likely N-dealkylation sites (tertiary alicyclic amines) is 1. The SMILES string of the molecule is CC[C@H](C)C(NC(C)=O)C(=O)N[C@@H](CCSC)C(=O)N[C@@H](CCC(N)=O)C(=O)N[C@H](C(=O)N[C@@H](CCCN=C(N)N)C(=O)N1CCC[C@H]1C(N)=O)[C@@H](C)CC. The van der Waals surface area contributed by atoms with Crippen LogP contribution < -0.4 is 49.5 Å². The average molecular weight is 798 g/mol. The number of rotatable bonds is 25. The Bertz CT molecular complexity index is 1380. The maximum atomic E-state index is 13.9. The van der Waals surface area contributed by atoms with Crippen molar-refractivity contribution in [1.82, 2.24) is 31.5 Å². The summed E-state index contributed by atoms with van der Waals surface area (Å²) in [6, 6.07) is -6.53. The molecule has 1 rings (SSSR count). The van der Waals surface area contributed by atoms with Crippen LogP contribution in [0.2, 0.25) is 0 Å². The first kappa shape index (κ1) is 48.4. The lowest BCUT2D eigenvalue weighted by atomic mass is 9.96. The van der Waals surface area contributed by atoms with Gasteiger partial charge >= 0.3 is 0 Å². The van der Waals surface area contributed by atoms with Crippen LogP contribution in [0.25, 0.3) is 0 Å². The van der Waals surface area contributed by atoms with E-state index in [0.717, 1.165) is 0 Å². The van der Waals surface area contributed by atoms with Crippen LogP contribution in [0.3, 0.4) is 0 Å². The summed E-state index contributed by atoms with van der Waals surface area (Å²) in [4.78, 5) is 110. The third-order valence-electron chi connectivity index (χ3n) is 9.63. The molecule has 0 radical (unpaired) electrons. The van der Waals surface area contributed by atoms with E-state index in [1.807, 2.05) is 13.2 Å². The molecular formula is C35H63N11O8S. The average Bonchev–Trinajstić information content (AvgIpc) is 3.63. The summed E-state index contributed by atoms with van der Waals surface area (Å²) in [7, 11) is 0. The fourth-order valence-corrected chi connectivity index (χ4v) is 6.49. The highest BCUT2D eigenvalue weighted by molar-refractivity contribution is 7.98. The molecule has 0 spiro atoms. The molecule has 55 heavy (non-hydrogen) atoms. The minimum absolute atomic E-state index is 0.102. The van der Waals surface area contributed by atoms with Crippen LogP contribution in [0.1, 0.15) is 92.4 Å². The Labute approximate surface area is 327 Å². The summed E-state index contributed by atoms with van der Waals surface area (Å²) >= 11 is 1.43. The highest BCUT2D eigenvalue weighted by atomic mass is 32.2. The van der Waals surface area contributed by atoms with Crippen LogP contribution in [-0.4, -0.2) is 119 Å². The van der Waals surface area contributed by atoms with Gasteiger partial charge in [-0.25, -0.2) is 0 Å². The van der Waals surface area contributed by atoms with Crippen LogP contribution in [0.15, 0.2) is 4.99 Å². The van der Waals surface area contributed by atoms with Gasteiger partial charge in [0.05, 0.1) is 0 Å². The zero-order valence-corrected chi connectivity index (χ0v) is 33.8. The van der Waals surface area contributed by atoms with E-state index in [2.05, 4.69) is 31.6 Å². The molecule has 8 amide bonds. The molecule has 1 heterocycles. The predicted molar refractivity (Wildman–Crippen MR) is 210 cm³/mol. The maximum absolute atomic E-state index is 13.9. The molecule has 20 heteroatoms. The molecule has 13 N–H and O–H groups in total. The van der Waals surface area contributed by atoms with Crippen molar-refractivity contribution in [3.05, 3.63) is 0 Å². The molecular weight excluding hydrogens is 735 g/mol. The normalized spacial score (nSPS) is 17.6. The van der Waals surface area contributed by atoms with Gasteiger partial charge < -0.3 is 54.4 Å². The van der Waals surface area contributed by atoms with Crippen molar-refractivity contribution >= 4 is 65.0 Å². The molecule has 1 unspecified atom stereocenters. The van der Waals surface area contributed by atoms with E-state index in [1.165, 1.54) is 23.6 Å². The van der Waals surface area contributed by atoms with Crippen LogP contribution in [0.4, 0.5) is 0 Å². The second kappa shape index (κ2) is 24.7. The van der Waals surface area contributed by atoms with Gasteiger partial charge in [-0.15, -0.1) is 0 Å². The zero-order chi connectivity index (χ0) is 41.8. The van der Waals surface area contributed by atoms with Crippen molar-refractivity contribution in [2.75, 3.05) is 25.1 Å². The molecule has 1 aliphatic rings. The van der Waals surface area contributed by atoms with Crippen molar-refractivity contribution in [2.45, 2.75) is 129 Å². The summed E-state index contributed by atoms with van der Waals surface area (Å²) in [6.45, 7) is 8.89. The van der Waals surface area contributed by atoms with Crippen LogP contribution in [0.5, 0.6) is 0 Å². The van der Waals surface area contributed by atoms with E-state index in [9.17, 15) is 38.4 Å².